The number of rotatable bonds is 7. The Morgan fingerprint density at radius 1 is 1.17 bits per heavy atom. The van der Waals surface area contributed by atoms with Crippen LogP contribution in [0.25, 0.3) is 0 Å². The van der Waals surface area contributed by atoms with Gasteiger partial charge in [-0.25, -0.2) is 4.79 Å². The van der Waals surface area contributed by atoms with Gasteiger partial charge in [0.1, 0.15) is 6.04 Å². The highest BCUT2D eigenvalue weighted by atomic mass is 16.5. The summed E-state index contributed by atoms with van der Waals surface area (Å²) < 4.78 is 4.72. The third-order valence-electron chi connectivity index (χ3n) is 2.61. The van der Waals surface area contributed by atoms with Crippen LogP contribution in [0.5, 0.6) is 0 Å². The summed E-state index contributed by atoms with van der Waals surface area (Å²) in [6.45, 7) is 11.2. The largest absolute Gasteiger partial charge is 0.467 e. The standard InChI is InChI=1S/C13H26N2O3/c1-9(2)7-15(10(3)4)8-12(13(17)18-6)14-11(5)16/h9-10,12H,7-8H2,1-6H3,(H,14,16). The maximum Gasteiger partial charge on any atom is 0.329 e. The second-order valence-corrected chi connectivity index (χ2v) is 5.22. The predicted molar refractivity (Wildman–Crippen MR) is 71.2 cm³/mol. The third kappa shape index (κ3) is 6.59. The second-order valence-electron chi connectivity index (χ2n) is 5.22. The number of hydrogen-bond acceptors (Lipinski definition) is 4. The topological polar surface area (TPSA) is 58.6 Å². The fourth-order valence-electron chi connectivity index (χ4n) is 1.77. The average Bonchev–Trinajstić information content (AvgIpc) is 2.24. The van der Waals surface area contributed by atoms with Crippen LogP contribution in [0.2, 0.25) is 0 Å². The van der Waals surface area contributed by atoms with Crippen LogP contribution in [-0.4, -0.2) is 49.1 Å². The summed E-state index contributed by atoms with van der Waals surface area (Å²) in [4.78, 5) is 24.9. The summed E-state index contributed by atoms with van der Waals surface area (Å²) in [7, 11) is 1.33. The Bertz CT molecular complexity index is 277. The van der Waals surface area contributed by atoms with Gasteiger partial charge >= 0.3 is 5.97 Å². The van der Waals surface area contributed by atoms with Crippen LogP contribution in [0.3, 0.4) is 0 Å². The SMILES string of the molecule is COC(=O)C(CN(CC(C)C)C(C)C)NC(C)=O. The van der Waals surface area contributed by atoms with E-state index in [1.807, 2.05) is 0 Å². The Balaban J connectivity index is 4.68. The molecule has 0 heterocycles. The molecule has 1 N–H and O–H groups in total. The van der Waals surface area contributed by atoms with Crippen molar-refractivity contribution >= 4 is 11.9 Å². The molecule has 1 atom stereocenters. The minimum atomic E-state index is -0.603. The summed E-state index contributed by atoms with van der Waals surface area (Å²) in [6.07, 6.45) is 0. The van der Waals surface area contributed by atoms with Crippen molar-refractivity contribution in [2.75, 3.05) is 20.2 Å². The normalized spacial score (nSPS) is 12.9. The lowest BCUT2D eigenvalue weighted by molar-refractivity contribution is -0.145. The zero-order chi connectivity index (χ0) is 14.3. The Labute approximate surface area is 110 Å². The summed E-state index contributed by atoms with van der Waals surface area (Å²) in [6, 6.07) is -0.290. The van der Waals surface area contributed by atoms with Crippen LogP contribution in [0, 0.1) is 5.92 Å². The van der Waals surface area contributed by atoms with E-state index in [0.717, 1.165) is 6.54 Å². The zero-order valence-corrected chi connectivity index (χ0v) is 12.3. The molecule has 0 bridgehead atoms. The summed E-state index contributed by atoms with van der Waals surface area (Å²) in [5, 5.41) is 2.63. The summed E-state index contributed by atoms with van der Waals surface area (Å²) >= 11 is 0. The number of esters is 1. The molecule has 18 heavy (non-hydrogen) atoms. The van der Waals surface area contributed by atoms with E-state index in [0.29, 0.717) is 18.5 Å². The molecule has 106 valence electrons. The lowest BCUT2D eigenvalue weighted by atomic mass is 10.1. The van der Waals surface area contributed by atoms with Crippen molar-refractivity contribution < 1.29 is 14.3 Å². The molecule has 0 radical (unpaired) electrons. The van der Waals surface area contributed by atoms with Gasteiger partial charge in [0, 0.05) is 26.1 Å². The first kappa shape index (κ1) is 16.9. The molecule has 5 nitrogen and oxygen atoms in total. The number of amides is 1. The molecule has 0 saturated carbocycles. The van der Waals surface area contributed by atoms with Crippen molar-refractivity contribution in [3.8, 4) is 0 Å². The van der Waals surface area contributed by atoms with Gasteiger partial charge in [-0.1, -0.05) is 13.8 Å². The minimum absolute atomic E-state index is 0.223. The number of nitrogens with zero attached hydrogens (tertiary/aromatic N) is 1. The first-order chi connectivity index (χ1) is 8.27. The highest BCUT2D eigenvalue weighted by Crippen LogP contribution is 2.06. The number of hydrogen-bond donors (Lipinski definition) is 1. The molecule has 0 aliphatic heterocycles. The van der Waals surface area contributed by atoms with Gasteiger partial charge in [0.05, 0.1) is 7.11 Å². The van der Waals surface area contributed by atoms with Gasteiger partial charge in [-0.3, -0.25) is 9.69 Å². The van der Waals surface area contributed by atoms with Crippen molar-refractivity contribution in [3.63, 3.8) is 0 Å². The molecular formula is C13H26N2O3. The van der Waals surface area contributed by atoms with E-state index in [4.69, 9.17) is 4.74 Å². The number of methoxy groups -OCH3 is 1. The maximum atomic E-state index is 11.6. The smallest absolute Gasteiger partial charge is 0.329 e. The molecule has 0 aromatic rings. The van der Waals surface area contributed by atoms with Crippen LogP contribution < -0.4 is 5.32 Å². The molecule has 0 aromatic heterocycles. The summed E-state index contributed by atoms with van der Waals surface area (Å²) in [5.74, 6) is -0.124. The van der Waals surface area contributed by atoms with E-state index < -0.39 is 12.0 Å². The Morgan fingerprint density at radius 2 is 1.72 bits per heavy atom. The fraction of sp³-hybridized carbons (Fsp3) is 0.846. The number of ether oxygens (including phenoxy) is 1. The van der Waals surface area contributed by atoms with Crippen LogP contribution in [0.15, 0.2) is 0 Å². The second kappa shape index (κ2) is 8.08. The Kier molecular flexibility index (Phi) is 7.59. The average molecular weight is 258 g/mol. The third-order valence-corrected chi connectivity index (χ3v) is 2.61. The van der Waals surface area contributed by atoms with E-state index in [2.05, 4.69) is 37.9 Å². The van der Waals surface area contributed by atoms with E-state index in [9.17, 15) is 9.59 Å². The lowest BCUT2D eigenvalue weighted by Crippen LogP contribution is -2.50. The number of carbonyl (C=O) groups is 2. The van der Waals surface area contributed by atoms with Crippen molar-refractivity contribution in [1.29, 1.82) is 0 Å². The summed E-state index contributed by atoms with van der Waals surface area (Å²) in [5.41, 5.74) is 0. The fourth-order valence-corrected chi connectivity index (χ4v) is 1.77. The lowest BCUT2D eigenvalue weighted by Gasteiger charge is -2.31. The quantitative estimate of drug-likeness (QED) is 0.693. The van der Waals surface area contributed by atoms with E-state index in [1.165, 1.54) is 14.0 Å². The predicted octanol–water partition coefficient (Wildman–Crippen LogP) is 1.03. The molecule has 0 rings (SSSR count). The van der Waals surface area contributed by atoms with Gasteiger partial charge < -0.3 is 10.1 Å². The van der Waals surface area contributed by atoms with Gasteiger partial charge in [-0.15, -0.1) is 0 Å². The zero-order valence-electron chi connectivity index (χ0n) is 12.3. The molecule has 1 unspecified atom stereocenters. The molecule has 0 aromatic carbocycles. The molecule has 0 aliphatic carbocycles. The molecule has 5 heteroatoms. The van der Waals surface area contributed by atoms with Crippen molar-refractivity contribution in [2.45, 2.75) is 46.7 Å². The van der Waals surface area contributed by atoms with E-state index in [-0.39, 0.29) is 5.91 Å². The van der Waals surface area contributed by atoms with Gasteiger partial charge in [0.25, 0.3) is 0 Å². The van der Waals surface area contributed by atoms with Crippen LogP contribution >= 0.6 is 0 Å². The Hall–Kier alpha value is -1.10. The van der Waals surface area contributed by atoms with Gasteiger partial charge in [0.15, 0.2) is 0 Å². The van der Waals surface area contributed by atoms with Gasteiger partial charge in [0.2, 0.25) is 5.91 Å². The molecule has 1 amide bonds. The Morgan fingerprint density at radius 3 is 2.06 bits per heavy atom. The van der Waals surface area contributed by atoms with Crippen molar-refractivity contribution in [2.24, 2.45) is 5.92 Å². The van der Waals surface area contributed by atoms with E-state index >= 15 is 0 Å². The van der Waals surface area contributed by atoms with Crippen LogP contribution in [-0.2, 0) is 14.3 Å². The van der Waals surface area contributed by atoms with Gasteiger partial charge in [-0.05, 0) is 19.8 Å². The molecule has 0 fully saturated rings. The molecule has 0 saturated heterocycles. The molecular weight excluding hydrogens is 232 g/mol. The van der Waals surface area contributed by atoms with Crippen LogP contribution in [0.4, 0.5) is 0 Å². The number of carbonyl (C=O) groups excluding carboxylic acids is 2. The minimum Gasteiger partial charge on any atom is -0.467 e. The monoisotopic (exact) mass is 258 g/mol. The number of nitrogens with one attached hydrogen (secondary N) is 1. The van der Waals surface area contributed by atoms with Crippen molar-refractivity contribution in [1.82, 2.24) is 10.2 Å². The highest BCUT2D eigenvalue weighted by Gasteiger charge is 2.24. The first-order valence-electron chi connectivity index (χ1n) is 6.36. The van der Waals surface area contributed by atoms with Crippen molar-refractivity contribution in [3.05, 3.63) is 0 Å². The molecule has 0 spiro atoms. The van der Waals surface area contributed by atoms with Crippen LogP contribution in [0.1, 0.15) is 34.6 Å². The van der Waals surface area contributed by atoms with E-state index in [1.54, 1.807) is 0 Å². The first-order valence-corrected chi connectivity index (χ1v) is 6.36. The molecule has 0 aliphatic rings. The highest BCUT2D eigenvalue weighted by molar-refractivity contribution is 5.83. The van der Waals surface area contributed by atoms with Gasteiger partial charge in [-0.2, -0.15) is 0 Å². The maximum absolute atomic E-state index is 11.6.